The molecule has 0 bridgehead atoms. The fourth-order valence-corrected chi connectivity index (χ4v) is 21.6. The normalized spacial score (nSPS) is 12.5. The second-order valence-corrected chi connectivity index (χ2v) is 24.8. The van der Waals surface area contributed by atoms with Gasteiger partial charge in [-0.05, 0) is 0 Å². The van der Waals surface area contributed by atoms with Gasteiger partial charge in [-0.25, -0.2) is 0 Å². The molecule has 3 heteroatoms. The minimum absolute atomic E-state index is 1.31. The van der Waals surface area contributed by atoms with E-state index in [9.17, 15) is 0 Å². The fraction of sp³-hybridized carbons (Fsp3) is 0.882. The van der Waals surface area contributed by atoms with Crippen molar-refractivity contribution in [1.82, 2.24) is 0 Å². The SMILES string of the molecule is C=[C](O[Si](C)(C)C)[Sn]([CH2]CCC)([CH2]CCC)[CH2]CCC. The van der Waals surface area contributed by atoms with Gasteiger partial charge < -0.3 is 0 Å². The molecule has 0 aliphatic heterocycles. The molecule has 0 heterocycles. The number of rotatable bonds is 12. The summed E-state index contributed by atoms with van der Waals surface area (Å²) in [6.07, 6.45) is 8.11. The van der Waals surface area contributed by atoms with E-state index < -0.39 is 26.7 Å². The summed E-state index contributed by atoms with van der Waals surface area (Å²) in [5, 5.41) is 0. The van der Waals surface area contributed by atoms with E-state index in [4.69, 9.17) is 4.43 Å². The first-order chi connectivity index (χ1) is 9.31. The van der Waals surface area contributed by atoms with Gasteiger partial charge in [-0.1, -0.05) is 0 Å². The molecule has 0 aromatic heterocycles. The molecule has 0 saturated carbocycles. The van der Waals surface area contributed by atoms with Crippen LogP contribution in [0.3, 0.4) is 0 Å². The molecular formula is C17H38OSiSn. The van der Waals surface area contributed by atoms with E-state index in [2.05, 4.69) is 47.0 Å². The van der Waals surface area contributed by atoms with Gasteiger partial charge >= 0.3 is 134 Å². The minimum atomic E-state index is -2.32. The first kappa shape index (κ1) is 20.6. The first-order valence-electron chi connectivity index (χ1n) is 8.69. The van der Waals surface area contributed by atoms with Crippen LogP contribution >= 0.6 is 0 Å². The monoisotopic (exact) mass is 406 g/mol. The molecule has 0 atom stereocenters. The van der Waals surface area contributed by atoms with Crippen LogP contribution in [0.5, 0.6) is 0 Å². The molecule has 20 heavy (non-hydrogen) atoms. The molecule has 0 saturated heterocycles. The van der Waals surface area contributed by atoms with Crippen molar-refractivity contribution in [1.29, 1.82) is 0 Å². The van der Waals surface area contributed by atoms with E-state index in [0.717, 1.165) is 0 Å². The van der Waals surface area contributed by atoms with Gasteiger partial charge in [0.2, 0.25) is 0 Å². The molecule has 0 fully saturated rings. The summed E-state index contributed by atoms with van der Waals surface area (Å²) in [4.78, 5) is 0. The third-order valence-electron chi connectivity index (χ3n) is 4.05. The Kier molecular flexibility index (Phi) is 10.6. The predicted molar refractivity (Wildman–Crippen MR) is 98.5 cm³/mol. The third-order valence-corrected chi connectivity index (χ3v) is 20.4. The molecule has 0 radical (unpaired) electrons. The predicted octanol–water partition coefficient (Wildman–Crippen LogP) is 6.74. The van der Waals surface area contributed by atoms with E-state index in [1.165, 1.54) is 55.6 Å². The van der Waals surface area contributed by atoms with Gasteiger partial charge in [0.05, 0.1) is 0 Å². The van der Waals surface area contributed by atoms with E-state index in [1.807, 2.05) is 0 Å². The van der Waals surface area contributed by atoms with Crippen LogP contribution < -0.4 is 0 Å². The van der Waals surface area contributed by atoms with Gasteiger partial charge in [-0.15, -0.1) is 0 Å². The van der Waals surface area contributed by atoms with Crippen LogP contribution in [0.4, 0.5) is 0 Å². The van der Waals surface area contributed by atoms with Crippen molar-refractivity contribution >= 4 is 26.7 Å². The Morgan fingerprint density at radius 3 is 1.45 bits per heavy atom. The van der Waals surface area contributed by atoms with Gasteiger partial charge in [0.25, 0.3) is 0 Å². The average Bonchev–Trinajstić information content (AvgIpc) is 2.36. The quantitative estimate of drug-likeness (QED) is 0.258. The molecule has 0 unspecified atom stereocenters. The number of unbranched alkanes of at least 4 members (excludes halogenated alkanes) is 3. The van der Waals surface area contributed by atoms with E-state index >= 15 is 0 Å². The number of hydrogen-bond donors (Lipinski definition) is 0. The summed E-state index contributed by atoms with van der Waals surface area (Å²) < 4.78 is 12.1. The van der Waals surface area contributed by atoms with Gasteiger partial charge in [0.15, 0.2) is 0 Å². The van der Waals surface area contributed by atoms with Crippen molar-refractivity contribution in [2.24, 2.45) is 0 Å². The standard InChI is InChI=1S/C5H11OSi.3C4H9.Sn/c1-5-6-7(2,3)4;3*1-3-4-2;/h1H2,2-4H3;3*1,3-4H2,2H3;. The van der Waals surface area contributed by atoms with Gasteiger partial charge in [0, 0.05) is 0 Å². The summed E-state index contributed by atoms with van der Waals surface area (Å²) in [5.74, 6) is 0. The molecule has 0 aromatic rings. The maximum absolute atomic E-state index is 6.43. The van der Waals surface area contributed by atoms with Crippen molar-refractivity contribution in [2.75, 3.05) is 0 Å². The van der Waals surface area contributed by atoms with Gasteiger partial charge in [-0.3, -0.25) is 0 Å². The van der Waals surface area contributed by atoms with Gasteiger partial charge in [0.1, 0.15) is 0 Å². The molecule has 0 amide bonds. The Balaban J connectivity index is 5.05. The van der Waals surface area contributed by atoms with Gasteiger partial charge in [-0.2, -0.15) is 0 Å². The number of hydrogen-bond acceptors (Lipinski definition) is 1. The average molecular weight is 405 g/mol. The summed E-state index contributed by atoms with van der Waals surface area (Å²) in [6, 6.07) is 0. The summed E-state index contributed by atoms with van der Waals surface area (Å²) in [7, 11) is -1.49. The second kappa shape index (κ2) is 10.3. The maximum atomic E-state index is 6.43. The van der Waals surface area contributed by atoms with Crippen LogP contribution in [0.2, 0.25) is 33.0 Å². The van der Waals surface area contributed by atoms with E-state index in [-0.39, 0.29) is 0 Å². The molecule has 0 N–H and O–H groups in total. The van der Waals surface area contributed by atoms with Crippen LogP contribution in [-0.4, -0.2) is 26.7 Å². The Bertz CT molecular complexity index is 249. The molecule has 0 rings (SSSR count). The summed E-state index contributed by atoms with van der Waals surface area (Å²) in [5.41, 5.74) is 0. The summed E-state index contributed by atoms with van der Waals surface area (Å²) in [6.45, 7) is 18.3. The summed E-state index contributed by atoms with van der Waals surface area (Å²) >= 11 is -2.32. The van der Waals surface area contributed by atoms with Crippen molar-refractivity contribution in [3.05, 3.63) is 10.4 Å². The van der Waals surface area contributed by atoms with Crippen LogP contribution in [0, 0.1) is 0 Å². The van der Waals surface area contributed by atoms with Crippen LogP contribution in [0.25, 0.3) is 0 Å². The molecule has 0 spiro atoms. The van der Waals surface area contributed by atoms with Crippen molar-refractivity contribution in [2.45, 2.75) is 92.2 Å². The third kappa shape index (κ3) is 8.11. The van der Waals surface area contributed by atoms with Crippen LogP contribution in [0.1, 0.15) is 59.3 Å². The van der Waals surface area contributed by atoms with Crippen molar-refractivity contribution < 1.29 is 4.43 Å². The Morgan fingerprint density at radius 2 is 1.20 bits per heavy atom. The molecule has 120 valence electrons. The zero-order valence-corrected chi connectivity index (χ0v) is 18.8. The molecule has 0 aromatic carbocycles. The zero-order valence-electron chi connectivity index (χ0n) is 15.0. The second-order valence-electron chi connectivity index (χ2n) is 7.23. The van der Waals surface area contributed by atoms with E-state index in [0.29, 0.717) is 0 Å². The molecular weight excluding hydrogens is 367 g/mol. The van der Waals surface area contributed by atoms with Crippen LogP contribution in [0.15, 0.2) is 10.4 Å². The van der Waals surface area contributed by atoms with Crippen molar-refractivity contribution in [3.63, 3.8) is 0 Å². The first-order valence-corrected chi connectivity index (χ1v) is 19.6. The van der Waals surface area contributed by atoms with Crippen molar-refractivity contribution in [3.8, 4) is 0 Å². The molecule has 0 aliphatic carbocycles. The Morgan fingerprint density at radius 1 is 0.850 bits per heavy atom. The van der Waals surface area contributed by atoms with E-state index in [1.54, 1.807) is 0 Å². The Hall–Kier alpha value is 0.556. The fourth-order valence-electron chi connectivity index (χ4n) is 2.82. The molecule has 0 aliphatic rings. The Labute approximate surface area is 133 Å². The van der Waals surface area contributed by atoms with Crippen LogP contribution in [-0.2, 0) is 4.43 Å². The molecule has 1 nitrogen and oxygen atoms in total. The topological polar surface area (TPSA) is 9.23 Å². The zero-order chi connectivity index (χ0) is 15.6.